The van der Waals surface area contributed by atoms with Gasteiger partial charge < -0.3 is 10.4 Å². The average molecular weight is 252 g/mol. The van der Waals surface area contributed by atoms with Crippen LogP contribution in [0.2, 0.25) is 5.02 Å². The van der Waals surface area contributed by atoms with Crippen LogP contribution in [0.1, 0.15) is 31.2 Å². The third kappa shape index (κ3) is 2.68. The van der Waals surface area contributed by atoms with Crippen molar-refractivity contribution < 1.29 is 5.11 Å². The van der Waals surface area contributed by atoms with Crippen LogP contribution in [-0.2, 0) is 0 Å². The van der Waals surface area contributed by atoms with Crippen molar-refractivity contribution in [1.29, 1.82) is 5.26 Å². The van der Waals surface area contributed by atoms with E-state index in [1.807, 2.05) is 6.07 Å². The fraction of sp³-hybridized carbons (Fsp3) is 0.500. The molecule has 0 aliphatic heterocycles. The summed E-state index contributed by atoms with van der Waals surface area (Å²) in [6, 6.07) is 3.56. The second-order valence-electron chi connectivity index (χ2n) is 4.24. The van der Waals surface area contributed by atoms with Gasteiger partial charge in [-0.3, -0.25) is 0 Å². The summed E-state index contributed by atoms with van der Waals surface area (Å²) in [5.41, 5.74) is 0.398. The van der Waals surface area contributed by atoms with Gasteiger partial charge in [0.15, 0.2) is 0 Å². The van der Waals surface area contributed by atoms with Crippen LogP contribution < -0.4 is 5.32 Å². The minimum Gasteiger partial charge on any atom is -0.391 e. The summed E-state index contributed by atoms with van der Waals surface area (Å²) in [6.45, 7) is 0. The second kappa shape index (κ2) is 5.35. The number of aliphatic hydroxyl groups is 1. The first-order chi connectivity index (χ1) is 8.22. The zero-order valence-corrected chi connectivity index (χ0v) is 10.1. The first kappa shape index (κ1) is 12.2. The van der Waals surface area contributed by atoms with Gasteiger partial charge in [-0.15, -0.1) is 0 Å². The molecule has 2 N–H and O–H groups in total. The summed E-state index contributed by atoms with van der Waals surface area (Å²) in [5, 5.41) is 22.2. The monoisotopic (exact) mass is 251 g/mol. The number of nitrogens with one attached hydrogen (secondary N) is 1. The smallest absolute Gasteiger partial charge is 0.146 e. The van der Waals surface area contributed by atoms with Crippen LogP contribution in [0.3, 0.4) is 0 Å². The lowest BCUT2D eigenvalue weighted by molar-refractivity contribution is 0.116. The van der Waals surface area contributed by atoms with Gasteiger partial charge in [-0.2, -0.15) is 5.26 Å². The Labute approximate surface area is 105 Å². The molecule has 1 aliphatic rings. The van der Waals surface area contributed by atoms with Crippen LogP contribution in [0.15, 0.2) is 12.3 Å². The Morgan fingerprint density at radius 1 is 1.47 bits per heavy atom. The lowest BCUT2D eigenvalue weighted by Crippen LogP contribution is -2.36. The van der Waals surface area contributed by atoms with Gasteiger partial charge in [-0.25, -0.2) is 4.98 Å². The van der Waals surface area contributed by atoms with Gasteiger partial charge in [0.25, 0.3) is 0 Å². The van der Waals surface area contributed by atoms with Crippen LogP contribution in [0.5, 0.6) is 0 Å². The highest BCUT2D eigenvalue weighted by molar-refractivity contribution is 6.34. The fourth-order valence-corrected chi connectivity index (χ4v) is 2.29. The van der Waals surface area contributed by atoms with Crippen LogP contribution in [-0.4, -0.2) is 22.2 Å². The van der Waals surface area contributed by atoms with E-state index in [4.69, 9.17) is 16.9 Å². The Morgan fingerprint density at radius 2 is 2.24 bits per heavy atom. The van der Waals surface area contributed by atoms with Gasteiger partial charge >= 0.3 is 0 Å². The van der Waals surface area contributed by atoms with Crippen molar-refractivity contribution in [3.8, 4) is 6.07 Å². The normalized spacial score (nSPS) is 24.1. The summed E-state index contributed by atoms with van der Waals surface area (Å²) < 4.78 is 0. The zero-order chi connectivity index (χ0) is 12.3. The minimum atomic E-state index is -0.368. The van der Waals surface area contributed by atoms with Crippen molar-refractivity contribution in [2.24, 2.45) is 0 Å². The molecule has 1 aliphatic carbocycles. The maximum atomic E-state index is 9.85. The molecule has 4 nitrogen and oxygen atoms in total. The maximum absolute atomic E-state index is 9.85. The highest BCUT2D eigenvalue weighted by atomic mass is 35.5. The van der Waals surface area contributed by atoms with E-state index in [1.165, 1.54) is 0 Å². The molecular weight excluding hydrogens is 238 g/mol. The molecule has 2 rings (SSSR count). The molecule has 17 heavy (non-hydrogen) atoms. The Bertz CT molecular complexity index is 444. The number of pyridine rings is 1. The molecule has 0 aromatic carbocycles. The van der Waals surface area contributed by atoms with Crippen LogP contribution in [0, 0.1) is 11.3 Å². The number of anilines is 1. The fourth-order valence-electron chi connectivity index (χ4n) is 2.09. The number of aliphatic hydroxyl groups excluding tert-OH is 1. The largest absolute Gasteiger partial charge is 0.391 e. The summed E-state index contributed by atoms with van der Waals surface area (Å²) in [5.74, 6) is 0.483. The summed E-state index contributed by atoms with van der Waals surface area (Å²) in [4.78, 5) is 4.11. The van der Waals surface area contributed by atoms with E-state index >= 15 is 0 Å². The molecule has 1 fully saturated rings. The molecule has 0 bridgehead atoms. The Hall–Kier alpha value is -1.31. The van der Waals surface area contributed by atoms with Gasteiger partial charge in [0.1, 0.15) is 16.9 Å². The highest BCUT2D eigenvalue weighted by Gasteiger charge is 2.24. The standard InChI is InChI=1S/C12H14ClN3O/c13-11-8(7-14)5-6-15-12(11)16-9-3-1-2-4-10(9)17/h5-6,9-10,17H,1-4H2,(H,15,16). The van der Waals surface area contributed by atoms with E-state index < -0.39 is 0 Å². The molecule has 0 amide bonds. The van der Waals surface area contributed by atoms with Crippen molar-refractivity contribution >= 4 is 17.4 Å². The first-order valence-corrected chi connectivity index (χ1v) is 6.09. The van der Waals surface area contributed by atoms with Crippen LogP contribution in [0.25, 0.3) is 0 Å². The number of hydrogen-bond acceptors (Lipinski definition) is 4. The van der Waals surface area contributed by atoms with E-state index in [2.05, 4.69) is 10.3 Å². The molecular formula is C12H14ClN3O. The van der Waals surface area contributed by atoms with Crippen molar-refractivity contribution in [3.05, 3.63) is 22.8 Å². The molecule has 2 unspecified atom stereocenters. The number of hydrogen-bond donors (Lipinski definition) is 2. The lowest BCUT2D eigenvalue weighted by atomic mass is 9.92. The van der Waals surface area contributed by atoms with Crippen molar-refractivity contribution in [2.45, 2.75) is 37.8 Å². The number of rotatable bonds is 2. The average Bonchev–Trinajstić information content (AvgIpc) is 2.34. The summed E-state index contributed by atoms with van der Waals surface area (Å²) >= 11 is 6.05. The van der Waals surface area contributed by atoms with Gasteiger partial charge in [0.2, 0.25) is 0 Å². The molecule has 5 heteroatoms. The third-order valence-corrected chi connectivity index (χ3v) is 3.44. The number of nitriles is 1. The highest BCUT2D eigenvalue weighted by Crippen LogP contribution is 2.27. The van der Waals surface area contributed by atoms with E-state index in [1.54, 1.807) is 12.3 Å². The SMILES string of the molecule is N#Cc1ccnc(NC2CCCCC2O)c1Cl. The van der Waals surface area contributed by atoms with Crippen LogP contribution in [0.4, 0.5) is 5.82 Å². The first-order valence-electron chi connectivity index (χ1n) is 5.71. The Kier molecular flexibility index (Phi) is 3.82. The molecule has 1 saturated carbocycles. The van der Waals surface area contributed by atoms with Crippen molar-refractivity contribution in [3.63, 3.8) is 0 Å². The number of nitrogens with zero attached hydrogens (tertiary/aromatic N) is 2. The third-order valence-electron chi connectivity index (χ3n) is 3.06. The second-order valence-corrected chi connectivity index (χ2v) is 4.61. The molecule has 2 atom stereocenters. The van der Waals surface area contributed by atoms with Gasteiger partial charge in [0, 0.05) is 6.20 Å². The predicted molar refractivity (Wildman–Crippen MR) is 65.8 cm³/mol. The number of aromatic nitrogens is 1. The Balaban J connectivity index is 2.16. The molecule has 0 saturated heterocycles. The summed E-state index contributed by atoms with van der Waals surface area (Å²) in [6.07, 6.45) is 5.01. The molecule has 0 spiro atoms. The van der Waals surface area contributed by atoms with E-state index in [-0.39, 0.29) is 12.1 Å². The molecule has 1 heterocycles. The molecule has 90 valence electrons. The topological polar surface area (TPSA) is 68.9 Å². The molecule has 1 aromatic heterocycles. The van der Waals surface area contributed by atoms with E-state index in [0.29, 0.717) is 16.4 Å². The minimum absolute atomic E-state index is 0.0253. The van der Waals surface area contributed by atoms with Gasteiger partial charge in [0.05, 0.1) is 17.7 Å². The predicted octanol–water partition coefficient (Wildman–Crippen LogP) is 2.32. The van der Waals surface area contributed by atoms with Crippen LogP contribution >= 0.6 is 11.6 Å². The van der Waals surface area contributed by atoms with E-state index in [0.717, 1.165) is 25.7 Å². The maximum Gasteiger partial charge on any atom is 0.146 e. The zero-order valence-electron chi connectivity index (χ0n) is 9.36. The van der Waals surface area contributed by atoms with E-state index in [9.17, 15) is 5.11 Å². The summed E-state index contributed by atoms with van der Waals surface area (Å²) in [7, 11) is 0. The lowest BCUT2D eigenvalue weighted by Gasteiger charge is -2.29. The van der Waals surface area contributed by atoms with Gasteiger partial charge in [-0.05, 0) is 18.9 Å². The molecule has 1 aromatic rings. The van der Waals surface area contributed by atoms with Gasteiger partial charge in [-0.1, -0.05) is 24.4 Å². The van der Waals surface area contributed by atoms with Crippen molar-refractivity contribution in [1.82, 2.24) is 4.98 Å². The number of halogens is 1. The quantitative estimate of drug-likeness (QED) is 0.846. The molecule has 0 radical (unpaired) electrons. The van der Waals surface area contributed by atoms with Crippen molar-refractivity contribution in [2.75, 3.05) is 5.32 Å². The Morgan fingerprint density at radius 3 is 2.94 bits per heavy atom.